The van der Waals surface area contributed by atoms with Crippen LogP contribution < -0.4 is 5.32 Å². The van der Waals surface area contributed by atoms with Gasteiger partial charge in [0.15, 0.2) is 0 Å². The van der Waals surface area contributed by atoms with E-state index in [-0.39, 0.29) is 0 Å². The van der Waals surface area contributed by atoms with Crippen molar-refractivity contribution < 1.29 is 0 Å². The molecule has 0 aliphatic carbocycles. The summed E-state index contributed by atoms with van der Waals surface area (Å²) in [6, 6.07) is 8.69. The summed E-state index contributed by atoms with van der Waals surface area (Å²) in [4.78, 5) is 0. The molecule has 1 aromatic carbocycles. The molecule has 1 nitrogen and oxygen atoms in total. The molecule has 0 saturated carbocycles. The molecule has 1 aromatic rings. The molecule has 1 heterocycles. The van der Waals surface area contributed by atoms with Crippen LogP contribution in [0.3, 0.4) is 0 Å². The van der Waals surface area contributed by atoms with E-state index in [0.717, 1.165) is 6.54 Å². The number of nitrogens with one attached hydrogen (secondary N) is 1. The Labute approximate surface area is 94.0 Å². The van der Waals surface area contributed by atoms with E-state index in [2.05, 4.69) is 52.4 Å². The first kappa shape index (κ1) is 10.2. The van der Waals surface area contributed by atoms with Gasteiger partial charge in [-0.2, -0.15) is 0 Å². The Hall–Kier alpha value is -0.340. The molecule has 1 fully saturated rings. The molecule has 1 saturated heterocycles. The van der Waals surface area contributed by atoms with Gasteiger partial charge in [-0.05, 0) is 37.1 Å². The first-order valence-electron chi connectivity index (χ1n) is 5.17. The Morgan fingerprint density at radius 3 is 2.93 bits per heavy atom. The van der Waals surface area contributed by atoms with Gasteiger partial charge in [0.2, 0.25) is 0 Å². The van der Waals surface area contributed by atoms with Gasteiger partial charge in [0.05, 0.1) is 0 Å². The normalized spacial score (nSPS) is 27.6. The summed E-state index contributed by atoms with van der Waals surface area (Å²) in [6.07, 6.45) is 2.57. The summed E-state index contributed by atoms with van der Waals surface area (Å²) in [5, 5.41) is 3.48. The lowest BCUT2D eigenvalue weighted by atomic mass is 9.77. The average molecular weight is 254 g/mol. The Morgan fingerprint density at radius 2 is 2.29 bits per heavy atom. The molecule has 2 rings (SSSR count). The van der Waals surface area contributed by atoms with Crippen molar-refractivity contribution in [3.05, 3.63) is 34.3 Å². The second-order valence-corrected chi connectivity index (χ2v) is 5.27. The fourth-order valence-corrected chi connectivity index (χ4v) is 2.57. The Morgan fingerprint density at radius 1 is 1.43 bits per heavy atom. The van der Waals surface area contributed by atoms with Crippen molar-refractivity contribution in [2.24, 2.45) is 0 Å². The van der Waals surface area contributed by atoms with Crippen molar-refractivity contribution >= 4 is 15.9 Å². The predicted molar refractivity (Wildman–Crippen MR) is 63.6 cm³/mol. The van der Waals surface area contributed by atoms with Crippen LogP contribution in [0.4, 0.5) is 0 Å². The standard InChI is InChI=1S/C12H16BrN/c1-12(6-3-7-14-9-12)10-4-2-5-11(13)8-10/h2,4-5,8,14H,3,6-7,9H2,1H3. The molecule has 1 unspecified atom stereocenters. The highest BCUT2D eigenvalue weighted by Gasteiger charge is 2.28. The van der Waals surface area contributed by atoms with E-state index in [4.69, 9.17) is 0 Å². The summed E-state index contributed by atoms with van der Waals surface area (Å²) in [5.74, 6) is 0. The van der Waals surface area contributed by atoms with Gasteiger partial charge >= 0.3 is 0 Å². The average Bonchev–Trinajstić information content (AvgIpc) is 2.19. The second kappa shape index (κ2) is 4.03. The molecule has 1 aliphatic heterocycles. The molecule has 1 N–H and O–H groups in total. The van der Waals surface area contributed by atoms with Crippen LogP contribution in [0.1, 0.15) is 25.3 Å². The predicted octanol–water partition coefficient (Wildman–Crippen LogP) is 3.09. The SMILES string of the molecule is CC1(c2cccc(Br)c2)CCCNC1. The smallest absolute Gasteiger partial charge is 0.0178 e. The van der Waals surface area contributed by atoms with Gasteiger partial charge < -0.3 is 5.32 Å². The largest absolute Gasteiger partial charge is 0.316 e. The molecule has 1 aliphatic rings. The third-order valence-electron chi connectivity index (χ3n) is 3.12. The highest BCUT2D eigenvalue weighted by atomic mass is 79.9. The molecule has 0 amide bonds. The number of benzene rings is 1. The van der Waals surface area contributed by atoms with Crippen molar-refractivity contribution in [3.63, 3.8) is 0 Å². The van der Waals surface area contributed by atoms with Crippen molar-refractivity contribution in [1.82, 2.24) is 5.32 Å². The van der Waals surface area contributed by atoms with Crippen LogP contribution in [0.5, 0.6) is 0 Å². The number of piperidine rings is 1. The fourth-order valence-electron chi connectivity index (χ4n) is 2.17. The number of hydrogen-bond acceptors (Lipinski definition) is 1. The quantitative estimate of drug-likeness (QED) is 0.812. The summed E-state index contributed by atoms with van der Waals surface area (Å²) in [7, 11) is 0. The van der Waals surface area contributed by atoms with Crippen molar-refractivity contribution in [3.8, 4) is 0 Å². The first-order chi connectivity index (χ1) is 6.71. The van der Waals surface area contributed by atoms with E-state index in [9.17, 15) is 0 Å². The van der Waals surface area contributed by atoms with Crippen LogP contribution in [-0.2, 0) is 5.41 Å². The molecule has 0 spiro atoms. The maximum atomic E-state index is 3.53. The summed E-state index contributed by atoms with van der Waals surface area (Å²) in [6.45, 7) is 4.62. The zero-order chi connectivity index (χ0) is 10.0. The topological polar surface area (TPSA) is 12.0 Å². The summed E-state index contributed by atoms with van der Waals surface area (Å²) < 4.78 is 1.18. The zero-order valence-corrected chi connectivity index (χ0v) is 10.1. The van der Waals surface area contributed by atoms with E-state index >= 15 is 0 Å². The maximum absolute atomic E-state index is 3.53. The van der Waals surface area contributed by atoms with Crippen LogP contribution in [-0.4, -0.2) is 13.1 Å². The van der Waals surface area contributed by atoms with E-state index in [0.29, 0.717) is 5.41 Å². The third-order valence-corrected chi connectivity index (χ3v) is 3.61. The van der Waals surface area contributed by atoms with Crippen LogP contribution in [0, 0.1) is 0 Å². The minimum atomic E-state index is 0.321. The second-order valence-electron chi connectivity index (χ2n) is 4.35. The molecule has 1 atom stereocenters. The van der Waals surface area contributed by atoms with Gasteiger partial charge in [-0.1, -0.05) is 35.0 Å². The van der Waals surface area contributed by atoms with Crippen LogP contribution in [0.2, 0.25) is 0 Å². The van der Waals surface area contributed by atoms with E-state index in [1.165, 1.54) is 29.4 Å². The zero-order valence-electron chi connectivity index (χ0n) is 8.52. The number of halogens is 1. The van der Waals surface area contributed by atoms with Gasteiger partial charge in [-0.3, -0.25) is 0 Å². The van der Waals surface area contributed by atoms with E-state index < -0.39 is 0 Å². The van der Waals surface area contributed by atoms with E-state index in [1.807, 2.05) is 0 Å². The molecule has 76 valence electrons. The highest BCUT2D eigenvalue weighted by Crippen LogP contribution is 2.31. The molecule has 0 aromatic heterocycles. The van der Waals surface area contributed by atoms with E-state index in [1.54, 1.807) is 0 Å². The van der Waals surface area contributed by atoms with Gasteiger partial charge in [0.25, 0.3) is 0 Å². The summed E-state index contributed by atoms with van der Waals surface area (Å²) >= 11 is 3.53. The molecule has 14 heavy (non-hydrogen) atoms. The van der Waals surface area contributed by atoms with Gasteiger partial charge in [-0.25, -0.2) is 0 Å². The van der Waals surface area contributed by atoms with Gasteiger partial charge in [0, 0.05) is 16.4 Å². The van der Waals surface area contributed by atoms with Gasteiger partial charge in [0.1, 0.15) is 0 Å². The Kier molecular flexibility index (Phi) is 2.93. The maximum Gasteiger partial charge on any atom is 0.0178 e. The van der Waals surface area contributed by atoms with Gasteiger partial charge in [-0.15, -0.1) is 0 Å². The van der Waals surface area contributed by atoms with Crippen molar-refractivity contribution in [2.75, 3.05) is 13.1 Å². The lowest BCUT2D eigenvalue weighted by molar-refractivity contribution is 0.339. The van der Waals surface area contributed by atoms with Crippen LogP contribution in [0.15, 0.2) is 28.7 Å². The minimum absolute atomic E-state index is 0.321. The Balaban J connectivity index is 2.28. The van der Waals surface area contributed by atoms with Crippen LogP contribution >= 0.6 is 15.9 Å². The Bertz CT molecular complexity index is 316. The molecular weight excluding hydrogens is 238 g/mol. The number of hydrogen-bond donors (Lipinski definition) is 1. The fraction of sp³-hybridized carbons (Fsp3) is 0.500. The minimum Gasteiger partial charge on any atom is -0.316 e. The molecule has 0 bridgehead atoms. The molecule has 2 heteroatoms. The number of rotatable bonds is 1. The lowest BCUT2D eigenvalue weighted by Crippen LogP contribution is -2.41. The molecule has 0 radical (unpaired) electrons. The monoisotopic (exact) mass is 253 g/mol. The third kappa shape index (κ3) is 2.01. The lowest BCUT2D eigenvalue weighted by Gasteiger charge is -2.34. The first-order valence-corrected chi connectivity index (χ1v) is 5.97. The van der Waals surface area contributed by atoms with Crippen molar-refractivity contribution in [2.45, 2.75) is 25.2 Å². The highest BCUT2D eigenvalue weighted by molar-refractivity contribution is 9.10. The van der Waals surface area contributed by atoms with Crippen LogP contribution in [0.25, 0.3) is 0 Å². The molecular formula is C12H16BrN. The summed E-state index contributed by atoms with van der Waals surface area (Å²) in [5.41, 5.74) is 1.77. The van der Waals surface area contributed by atoms with Crippen molar-refractivity contribution in [1.29, 1.82) is 0 Å².